The van der Waals surface area contributed by atoms with E-state index >= 15 is 0 Å². The highest BCUT2D eigenvalue weighted by Gasteiger charge is 2.06. The summed E-state index contributed by atoms with van der Waals surface area (Å²) in [5.41, 5.74) is 2.57. The molecule has 0 unspecified atom stereocenters. The van der Waals surface area contributed by atoms with Gasteiger partial charge in [0.05, 0.1) is 5.75 Å². The molecule has 26 heavy (non-hydrogen) atoms. The SMILES string of the molecule is CC(C)CC(=O)Nc1ccc(NC(=O)CSCc2ccc(Cl)cc2)cc1. The van der Waals surface area contributed by atoms with Crippen LogP contribution in [0.5, 0.6) is 0 Å². The molecule has 2 N–H and O–H groups in total. The van der Waals surface area contributed by atoms with E-state index in [0.717, 1.165) is 17.0 Å². The number of hydrogen-bond donors (Lipinski definition) is 2. The van der Waals surface area contributed by atoms with Crippen LogP contribution in [0.25, 0.3) is 0 Å². The summed E-state index contributed by atoms with van der Waals surface area (Å²) in [6, 6.07) is 14.8. The first kappa shape index (κ1) is 20.3. The van der Waals surface area contributed by atoms with Crippen molar-refractivity contribution in [3.8, 4) is 0 Å². The van der Waals surface area contributed by atoms with Crippen LogP contribution in [-0.4, -0.2) is 17.6 Å². The zero-order valence-corrected chi connectivity index (χ0v) is 16.5. The predicted molar refractivity (Wildman–Crippen MR) is 111 cm³/mol. The van der Waals surface area contributed by atoms with Gasteiger partial charge in [-0.15, -0.1) is 11.8 Å². The van der Waals surface area contributed by atoms with Crippen LogP contribution < -0.4 is 10.6 Å². The highest BCUT2D eigenvalue weighted by Crippen LogP contribution is 2.17. The first-order chi connectivity index (χ1) is 12.4. The molecule has 0 saturated carbocycles. The quantitative estimate of drug-likeness (QED) is 0.651. The molecule has 0 aromatic heterocycles. The molecule has 0 aliphatic heterocycles. The minimum Gasteiger partial charge on any atom is -0.326 e. The molecule has 6 heteroatoms. The molecule has 0 heterocycles. The average molecular weight is 391 g/mol. The van der Waals surface area contributed by atoms with E-state index in [0.29, 0.717) is 28.8 Å². The Labute approximate surface area is 163 Å². The fourth-order valence-electron chi connectivity index (χ4n) is 2.26. The molecule has 4 nitrogen and oxygen atoms in total. The summed E-state index contributed by atoms with van der Waals surface area (Å²) >= 11 is 7.40. The van der Waals surface area contributed by atoms with Gasteiger partial charge in [-0.05, 0) is 47.9 Å². The van der Waals surface area contributed by atoms with Gasteiger partial charge in [-0.25, -0.2) is 0 Å². The van der Waals surface area contributed by atoms with Crippen molar-refractivity contribution in [1.82, 2.24) is 0 Å². The minimum atomic E-state index is -0.0550. The largest absolute Gasteiger partial charge is 0.326 e. The third-order valence-electron chi connectivity index (χ3n) is 3.46. The molecule has 0 atom stereocenters. The van der Waals surface area contributed by atoms with Crippen LogP contribution in [0.15, 0.2) is 48.5 Å². The zero-order chi connectivity index (χ0) is 18.9. The number of nitrogens with one attached hydrogen (secondary N) is 2. The van der Waals surface area contributed by atoms with E-state index in [1.807, 2.05) is 38.1 Å². The lowest BCUT2D eigenvalue weighted by atomic mass is 10.1. The number of hydrogen-bond acceptors (Lipinski definition) is 3. The topological polar surface area (TPSA) is 58.2 Å². The Kier molecular flexibility index (Phi) is 8.01. The average Bonchev–Trinajstić information content (AvgIpc) is 2.58. The van der Waals surface area contributed by atoms with E-state index in [2.05, 4.69) is 10.6 Å². The van der Waals surface area contributed by atoms with Gasteiger partial charge in [0.25, 0.3) is 0 Å². The molecule has 0 radical (unpaired) electrons. The molecule has 138 valence electrons. The van der Waals surface area contributed by atoms with Gasteiger partial charge in [-0.2, -0.15) is 0 Å². The summed E-state index contributed by atoms with van der Waals surface area (Å²) in [4.78, 5) is 23.8. The minimum absolute atomic E-state index is 0.00427. The fourth-order valence-corrected chi connectivity index (χ4v) is 3.17. The molecule has 0 fully saturated rings. The molecular weight excluding hydrogens is 368 g/mol. The van der Waals surface area contributed by atoms with Gasteiger partial charge in [0.2, 0.25) is 11.8 Å². The Morgan fingerprint density at radius 3 is 2.00 bits per heavy atom. The third-order valence-corrected chi connectivity index (χ3v) is 4.72. The third kappa shape index (κ3) is 7.50. The summed E-state index contributed by atoms with van der Waals surface area (Å²) in [6.07, 6.45) is 0.489. The summed E-state index contributed by atoms with van der Waals surface area (Å²) < 4.78 is 0. The van der Waals surface area contributed by atoms with Crippen LogP contribution in [0, 0.1) is 5.92 Å². The van der Waals surface area contributed by atoms with E-state index in [1.165, 1.54) is 0 Å². The van der Waals surface area contributed by atoms with Crippen molar-refractivity contribution in [3.05, 3.63) is 59.1 Å². The number of halogens is 1. The predicted octanol–water partition coefficient (Wildman–Crippen LogP) is 5.20. The van der Waals surface area contributed by atoms with Gasteiger partial charge in [0.1, 0.15) is 0 Å². The van der Waals surface area contributed by atoms with Crippen molar-refractivity contribution < 1.29 is 9.59 Å². The first-order valence-electron chi connectivity index (χ1n) is 8.44. The van der Waals surface area contributed by atoms with Crippen LogP contribution >= 0.6 is 23.4 Å². The molecule has 2 aromatic rings. The summed E-state index contributed by atoms with van der Waals surface area (Å²) in [5, 5.41) is 6.41. The fraction of sp³-hybridized carbons (Fsp3) is 0.300. The molecule has 0 aliphatic carbocycles. The second-order valence-electron chi connectivity index (χ2n) is 6.39. The smallest absolute Gasteiger partial charge is 0.234 e. The van der Waals surface area contributed by atoms with E-state index in [9.17, 15) is 9.59 Å². The highest BCUT2D eigenvalue weighted by molar-refractivity contribution is 7.99. The molecular formula is C20H23ClN2O2S. The monoisotopic (exact) mass is 390 g/mol. The van der Waals surface area contributed by atoms with Crippen molar-refractivity contribution in [2.45, 2.75) is 26.0 Å². The maximum Gasteiger partial charge on any atom is 0.234 e. The Morgan fingerprint density at radius 2 is 1.46 bits per heavy atom. The van der Waals surface area contributed by atoms with Crippen molar-refractivity contribution in [2.24, 2.45) is 5.92 Å². The van der Waals surface area contributed by atoms with Crippen LogP contribution in [0.3, 0.4) is 0 Å². The van der Waals surface area contributed by atoms with Gasteiger partial charge >= 0.3 is 0 Å². The number of carbonyl (C=O) groups excluding carboxylic acids is 2. The summed E-state index contributed by atoms with van der Waals surface area (Å²) in [7, 11) is 0. The zero-order valence-electron chi connectivity index (χ0n) is 14.9. The Morgan fingerprint density at radius 1 is 0.923 bits per heavy atom. The van der Waals surface area contributed by atoms with Crippen LogP contribution in [0.2, 0.25) is 5.02 Å². The van der Waals surface area contributed by atoms with Crippen molar-refractivity contribution in [2.75, 3.05) is 16.4 Å². The first-order valence-corrected chi connectivity index (χ1v) is 9.97. The molecule has 0 aliphatic rings. The number of anilines is 2. The van der Waals surface area contributed by atoms with E-state index in [1.54, 1.807) is 36.0 Å². The number of amides is 2. The van der Waals surface area contributed by atoms with Crippen LogP contribution in [0.1, 0.15) is 25.8 Å². The molecule has 2 rings (SSSR count). The van der Waals surface area contributed by atoms with E-state index < -0.39 is 0 Å². The number of carbonyl (C=O) groups is 2. The molecule has 0 spiro atoms. The Hall–Kier alpha value is -1.98. The normalized spacial score (nSPS) is 10.6. The Bertz CT molecular complexity index is 730. The van der Waals surface area contributed by atoms with Gasteiger partial charge in [0.15, 0.2) is 0 Å². The van der Waals surface area contributed by atoms with Crippen molar-refractivity contribution >= 4 is 46.6 Å². The lowest BCUT2D eigenvalue weighted by Crippen LogP contribution is -2.15. The molecule has 2 aromatic carbocycles. The number of rotatable bonds is 8. The van der Waals surface area contributed by atoms with Crippen molar-refractivity contribution in [1.29, 1.82) is 0 Å². The lowest BCUT2D eigenvalue weighted by molar-refractivity contribution is -0.117. The van der Waals surface area contributed by atoms with Gasteiger partial charge in [0, 0.05) is 28.6 Å². The Balaban J connectivity index is 1.74. The maximum atomic E-state index is 12.0. The maximum absolute atomic E-state index is 12.0. The van der Waals surface area contributed by atoms with Gasteiger partial charge < -0.3 is 10.6 Å². The molecule has 0 saturated heterocycles. The molecule has 0 bridgehead atoms. The van der Waals surface area contributed by atoms with E-state index in [4.69, 9.17) is 11.6 Å². The number of benzene rings is 2. The highest BCUT2D eigenvalue weighted by atomic mass is 35.5. The second-order valence-corrected chi connectivity index (χ2v) is 7.81. The second kappa shape index (κ2) is 10.2. The van der Waals surface area contributed by atoms with Crippen LogP contribution in [-0.2, 0) is 15.3 Å². The lowest BCUT2D eigenvalue weighted by Gasteiger charge is -2.09. The van der Waals surface area contributed by atoms with Gasteiger partial charge in [-0.3, -0.25) is 9.59 Å². The van der Waals surface area contributed by atoms with Crippen LogP contribution in [0.4, 0.5) is 11.4 Å². The van der Waals surface area contributed by atoms with E-state index in [-0.39, 0.29) is 11.8 Å². The number of thioether (sulfide) groups is 1. The standard InChI is InChI=1S/C20H23ClN2O2S/c1-14(2)11-19(24)22-17-7-9-18(10-8-17)23-20(25)13-26-12-15-3-5-16(21)6-4-15/h3-10,14H,11-13H2,1-2H3,(H,22,24)(H,23,25). The summed E-state index contributed by atoms with van der Waals surface area (Å²) in [5.74, 6) is 1.39. The summed E-state index contributed by atoms with van der Waals surface area (Å²) in [6.45, 7) is 4.01. The molecule has 2 amide bonds. The van der Waals surface area contributed by atoms with Gasteiger partial charge in [-0.1, -0.05) is 37.6 Å². The van der Waals surface area contributed by atoms with Crippen molar-refractivity contribution in [3.63, 3.8) is 0 Å².